The number of rotatable bonds is 7. The molecule has 6 heteroatoms. The molecule has 5 nitrogen and oxygen atoms in total. The summed E-state index contributed by atoms with van der Waals surface area (Å²) in [5.74, 6) is -0.308. The second-order valence-electron chi connectivity index (χ2n) is 5.35. The van der Waals surface area contributed by atoms with Gasteiger partial charge in [0.25, 0.3) is 5.91 Å². The molecule has 2 rings (SSSR count). The minimum atomic E-state index is -0.208. The van der Waals surface area contributed by atoms with E-state index >= 15 is 0 Å². The maximum atomic E-state index is 11.9. The Morgan fingerprint density at radius 1 is 1.26 bits per heavy atom. The molecule has 0 aliphatic rings. The molecule has 1 unspecified atom stereocenters. The van der Waals surface area contributed by atoms with Gasteiger partial charge in [-0.05, 0) is 25.3 Å². The van der Waals surface area contributed by atoms with Crippen LogP contribution in [0.2, 0.25) is 0 Å². The molecule has 0 saturated heterocycles. The summed E-state index contributed by atoms with van der Waals surface area (Å²) in [6, 6.07) is 9.95. The van der Waals surface area contributed by atoms with Gasteiger partial charge in [0.15, 0.2) is 5.13 Å². The van der Waals surface area contributed by atoms with Gasteiger partial charge >= 0.3 is 0 Å². The van der Waals surface area contributed by atoms with Crippen molar-refractivity contribution in [2.24, 2.45) is 0 Å². The summed E-state index contributed by atoms with van der Waals surface area (Å²) < 4.78 is 0. The summed E-state index contributed by atoms with van der Waals surface area (Å²) in [5, 5.41) is 7.71. The van der Waals surface area contributed by atoms with Gasteiger partial charge in [-0.15, -0.1) is 11.3 Å². The van der Waals surface area contributed by atoms with Crippen LogP contribution in [0.1, 0.15) is 42.7 Å². The Morgan fingerprint density at radius 3 is 2.70 bits per heavy atom. The zero-order valence-corrected chi connectivity index (χ0v) is 14.2. The Balaban J connectivity index is 1.84. The SMILES string of the molecule is CCC(C)NC(=O)c1csc(NC(=O)CCc2ccccc2)n1. The summed E-state index contributed by atoms with van der Waals surface area (Å²) in [6.45, 7) is 3.95. The highest BCUT2D eigenvalue weighted by Crippen LogP contribution is 2.16. The fraction of sp³-hybridized carbons (Fsp3) is 0.353. The van der Waals surface area contributed by atoms with Gasteiger partial charge in [-0.3, -0.25) is 9.59 Å². The topological polar surface area (TPSA) is 71.1 Å². The van der Waals surface area contributed by atoms with Crippen molar-refractivity contribution >= 4 is 28.3 Å². The smallest absolute Gasteiger partial charge is 0.271 e. The Bertz CT molecular complexity index is 655. The summed E-state index contributed by atoms with van der Waals surface area (Å²) in [6.07, 6.45) is 1.93. The number of hydrogen-bond acceptors (Lipinski definition) is 4. The Hall–Kier alpha value is -2.21. The number of amides is 2. The molecule has 0 radical (unpaired) electrons. The third kappa shape index (κ3) is 5.49. The Kier molecular flexibility index (Phi) is 6.29. The van der Waals surface area contributed by atoms with E-state index in [9.17, 15) is 9.59 Å². The zero-order chi connectivity index (χ0) is 16.7. The lowest BCUT2D eigenvalue weighted by atomic mass is 10.1. The zero-order valence-electron chi connectivity index (χ0n) is 13.3. The van der Waals surface area contributed by atoms with E-state index < -0.39 is 0 Å². The molecule has 0 aliphatic heterocycles. The third-order valence-corrected chi connectivity index (χ3v) is 4.21. The van der Waals surface area contributed by atoms with E-state index in [2.05, 4.69) is 15.6 Å². The molecule has 2 amide bonds. The molecule has 1 aromatic carbocycles. The van der Waals surface area contributed by atoms with Gasteiger partial charge in [-0.2, -0.15) is 0 Å². The van der Waals surface area contributed by atoms with E-state index in [4.69, 9.17) is 0 Å². The first kappa shape index (κ1) is 17.1. The number of aryl methyl sites for hydroxylation is 1. The quantitative estimate of drug-likeness (QED) is 0.818. The number of nitrogens with zero attached hydrogens (tertiary/aromatic N) is 1. The van der Waals surface area contributed by atoms with Crippen LogP contribution in [0.5, 0.6) is 0 Å². The largest absolute Gasteiger partial charge is 0.348 e. The van der Waals surface area contributed by atoms with Crippen molar-refractivity contribution < 1.29 is 9.59 Å². The fourth-order valence-electron chi connectivity index (χ4n) is 1.92. The van der Waals surface area contributed by atoms with Crippen LogP contribution in [-0.4, -0.2) is 22.8 Å². The molecule has 2 aromatic rings. The van der Waals surface area contributed by atoms with Crippen LogP contribution >= 0.6 is 11.3 Å². The van der Waals surface area contributed by atoms with Crippen LogP contribution in [-0.2, 0) is 11.2 Å². The molecule has 0 fully saturated rings. The maximum absolute atomic E-state index is 11.9. The average Bonchev–Trinajstić information content (AvgIpc) is 3.02. The van der Waals surface area contributed by atoms with E-state index in [-0.39, 0.29) is 17.9 Å². The third-order valence-electron chi connectivity index (χ3n) is 3.46. The number of aromatic nitrogens is 1. The van der Waals surface area contributed by atoms with E-state index in [0.29, 0.717) is 23.7 Å². The fourth-order valence-corrected chi connectivity index (χ4v) is 2.63. The van der Waals surface area contributed by atoms with Gasteiger partial charge in [0.2, 0.25) is 5.91 Å². The van der Waals surface area contributed by atoms with Crippen LogP contribution in [0.25, 0.3) is 0 Å². The minimum absolute atomic E-state index is 0.0999. The minimum Gasteiger partial charge on any atom is -0.348 e. The Labute approximate surface area is 140 Å². The summed E-state index contributed by atoms with van der Waals surface area (Å²) >= 11 is 1.26. The van der Waals surface area contributed by atoms with Crippen molar-refractivity contribution in [3.63, 3.8) is 0 Å². The van der Waals surface area contributed by atoms with Gasteiger partial charge in [-0.25, -0.2) is 4.98 Å². The first-order valence-electron chi connectivity index (χ1n) is 7.68. The van der Waals surface area contributed by atoms with Crippen molar-refractivity contribution in [3.05, 3.63) is 47.0 Å². The van der Waals surface area contributed by atoms with Gasteiger partial charge in [0, 0.05) is 17.8 Å². The van der Waals surface area contributed by atoms with Gasteiger partial charge in [0.05, 0.1) is 0 Å². The first-order valence-corrected chi connectivity index (χ1v) is 8.56. The second-order valence-corrected chi connectivity index (χ2v) is 6.21. The molecule has 2 N–H and O–H groups in total. The normalized spacial score (nSPS) is 11.7. The lowest BCUT2D eigenvalue weighted by Gasteiger charge is -2.09. The lowest BCUT2D eigenvalue weighted by molar-refractivity contribution is -0.116. The van der Waals surface area contributed by atoms with E-state index in [1.54, 1.807) is 5.38 Å². The molecule has 122 valence electrons. The predicted molar refractivity (Wildman–Crippen MR) is 92.7 cm³/mol. The monoisotopic (exact) mass is 331 g/mol. The molecular weight excluding hydrogens is 310 g/mol. The van der Waals surface area contributed by atoms with E-state index in [0.717, 1.165) is 12.0 Å². The molecule has 0 bridgehead atoms. The van der Waals surface area contributed by atoms with Crippen molar-refractivity contribution in [1.29, 1.82) is 0 Å². The van der Waals surface area contributed by atoms with Gasteiger partial charge < -0.3 is 10.6 Å². The standard InChI is InChI=1S/C17H21N3O2S/c1-3-12(2)18-16(22)14-11-23-17(19-14)20-15(21)10-9-13-7-5-4-6-8-13/h4-8,11-12H,3,9-10H2,1-2H3,(H,18,22)(H,19,20,21). The highest BCUT2D eigenvalue weighted by atomic mass is 32.1. The second kappa shape index (κ2) is 8.43. The average molecular weight is 331 g/mol. The molecule has 23 heavy (non-hydrogen) atoms. The van der Waals surface area contributed by atoms with Crippen molar-refractivity contribution in [3.8, 4) is 0 Å². The molecule has 0 aliphatic carbocycles. The first-order chi connectivity index (χ1) is 11.1. The highest BCUT2D eigenvalue weighted by Gasteiger charge is 2.13. The number of carbonyl (C=O) groups excluding carboxylic acids is 2. The lowest BCUT2D eigenvalue weighted by Crippen LogP contribution is -2.32. The Morgan fingerprint density at radius 2 is 2.00 bits per heavy atom. The maximum Gasteiger partial charge on any atom is 0.271 e. The van der Waals surface area contributed by atoms with Crippen LogP contribution in [0, 0.1) is 0 Å². The van der Waals surface area contributed by atoms with Crippen molar-refractivity contribution in [2.75, 3.05) is 5.32 Å². The summed E-state index contributed by atoms with van der Waals surface area (Å²) in [7, 11) is 0. The van der Waals surface area contributed by atoms with Crippen LogP contribution in [0.4, 0.5) is 5.13 Å². The number of hydrogen-bond donors (Lipinski definition) is 2. The summed E-state index contributed by atoms with van der Waals surface area (Å²) in [5.41, 5.74) is 1.46. The molecule has 1 atom stereocenters. The number of thiazole rings is 1. The molecule has 0 saturated carbocycles. The number of carbonyl (C=O) groups is 2. The molecule has 1 aromatic heterocycles. The van der Waals surface area contributed by atoms with E-state index in [1.807, 2.05) is 44.2 Å². The highest BCUT2D eigenvalue weighted by molar-refractivity contribution is 7.14. The number of benzene rings is 1. The van der Waals surface area contributed by atoms with Crippen LogP contribution in [0.15, 0.2) is 35.7 Å². The number of nitrogens with one attached hydrogen (secondary N) is 2. The van der Waals surface area contributed by atoms with Crippen LogP contribution in [0.3, 0.4) is 0 Å². The van der Waals surface area contributed by atoms with Crippen molar-refractivity contribution in [2.45, 2.75) is 39.2 Å². The summed E-state index contributed by atoms with van der Waals surface area (Å²) in [4.78, 5) is 28.1. The van der Waals surface area contributed by atoms with Gasteiger partial charge in [-0.1, -0.05) is 37.3 Å². The molecule has 1 heterocycles. The van der Waals surface area contributed by atoms with Gasteiger partial charge in [0.1, 0.15) is 5.69 Å². The molecule has 0 spiro atoms. The predicted octanol–water partition coefficient (Wildman–Crippen LogP) is 3.24. The van der Waals surface area contributed by atoms with Crippen molar-refractivity contribution in [1.82, 2.24) is 10.3 Å². The molecular formula is C17H21N3O2S. The number of anilines is 1. The van der Waals surface area contributed by atoms with Crippen LogP contribution < -0.4 is 10.6 Å². The van der Waals surface area contributed by atoms with E-state index in [1.165, 1.54) is 11.3 Å².